The summed E-state index contributed by atoms with van der Waals surface area (Å²) in [5.74, 6) is 0.914. The molecule has 1 saturated carbocycles. The van der Waals surface area contributed by atoms with Crippen molar-refractivity contribution in [3.8, 4) is 0 Å². The Morgan fingerprint density at radius 3 is 2.56 bits per heavy atom. The summed E-state index contributed by atoms with van der Waals surface area (Å²) in [6, 6.07) is 0. The molecule has 0 amide bonds. The lowest BCUT2D eigenvalue weighted by Gasteiger charge is -2.01. The van der Waals surface area contributed by atoms with Crippen molar-refractivity contribution in [2.75, 3.05) is 13.1 Å². The number of hydrogen-bond donors (Lipinski definition) is 1. The first kappa shape index (κ1) is 7.64. The van der Waals surface area contributed by atoms with E-state index in [1.54, 1.807) is 0 Å². The lowest BCUT2D eigenvalue weighted by molar-refractivity contribution is 0.655. The molecule has 0 spiro atoms. The zero-order valence-electron chi connectivity index (χ0n) is 5.24. The Morgan fingerprint density at radius 2 is 2.11 bits per heavy atom. The average Bonchev–Trinajstić information content (AvgIpc) is 2.48. The van der Waals surface area contributed by atoms with Gasteiger partial charge in [-0.1, -0.05) is 0 Å². The van der Waals surface area contributed by atoms with Crippen LogP contribution in [0.3, 0.4) is 0 Å². The third-order valence-electron chi connectivity index (χ3n) is 1.43. The average molecular weight is 168 g/mol. The molecular formula is C6H11Cl2N. The van der Waals surface area contributed by atoms with E-state index in [4.69, 9.17) is 23.2 Å². The molecule has 3 heteroatoms. The number of halogens is 2. The predicted octanol–water partition coefficient (Wildman–Crippen LogP) is 1.79. The first-order valence-electron chi connectivity index (χ1n) is 3.28. The van der Waals surface area contributed by atoms with Crippen molar-refractivity contribution in [1.82, 2.24) is 5.32 Å². The van der Waals surface area contributed by atoms with E-state index in [2.05, 4.69) is 5.32 Å². The van der Waals surface area contributed by atoms with Crippen molar-refractivity contribution in [1.29, 1.82) is 0 Å². The number of alkyl halides is 2. The first-order valence-corrected chi connectivity index (χ1v) is 4.15. The monoisotopic (exact) mass is 167 g/mol. The van der Waals surface area contributed by atoms with Gasteiger partial charge in [0.1, 0.15) is 4.84 Å². The Kier molecular flexibility index (Phi) is 3.10. The van der Waals surface area contributed by atoms with Crippen LogP contribution in [0.15, 0.2) is 0 Å². The van der Waals surface area contributed by atoms with Crippen molar-refractivity contribution >= 4 is 23.2 Å². The van der Waals surface area contributed by atoms with E-state index in [0.717, 1.165) is 19.0 Å². The summed E-state index contributed by atoms with van der Waals surface area (Å²) in [6.45, 7) is 1.82. The van der Waals surface area contributed by atoms with Gasteiger partial charge in [-0.25, -0.2) is 0 Å². The largest absolute Gasteiger partial charge is 0.314 e. The highest BCUT2D eigenvalue weighted by molar-refractivity contribution is 6.44. The Balaban J connectivity index is 1.81. The minimum atomic E-state index is -0.247. The Bertz CT molecular complexity index is 79.1. The van der Waals surface area contributed by atoms with Crippen LogP contribution in [0.5, 0.6) is 0 Å². The van der Waals surface area contributed by atoms with Crippen LogP contribution in [0.2, 0.25) is 0 Å². The fraction of sp³-hybridized carbons (Fsp3) is 1.00. The Hall–Kier alpha value is 0.540. The van der Waals surface area contributed by atoms with Gasteiger partial charge in [0.05, 0.1) is 0 Å². The van der Waals surface area contributed by atoms with Gasteiger partial charge in [-0.05, 0) is 25.3 Å². The molecular weight excluding hydrogens is 157 g/mol. The SMILES string of the molecule is ClC(Cl)CNCC1CC1. The molecule has 1 nitrogen and oxygen atoms in total. The summed E-state index contributed by atoms with van der Waals surface area (Å²) in [7, 11) is 0. The van der Waals surface area contributed by atoms with Gasteiger partial charge in [0.15, 0.2) is 0 Å². The van der Waals surface area contributed by atoms with E-state index in [9.17, 15) is 0 Å². The summed E-state index contributed by atoms with van der Waals surface area (Å²) >= 11 is 11.0. The van der Waals surface area contributed by atoms with E-state index in [-0.39, 0.29) is 4.84 Å². The second-order valence-corrected chi connectivity index (χ2v) is 3.77. The maximum atomic E-state index is 5.48. The van der Waals surface area contributed by atoms with E-state index in [1.165, 1.54) is 12.8 Å². The number of nitrogens with one attached hydrogen (secondary N) is 1. The maximum absolute atomic E-state index is 5.48. The van der Waals surface area contributed by atoms with E-state index < -0.39 is 0 Å². The Morgan fingerprint density at radius 1 is 1.44 bits per heavy atom. The quantitative estimate of drug-likeness (QED) is 0.631. The predicted molar refractivity (Wildman–Crippen MR) is 41.1 cm³/mol. The Labute approximate surface area is 65.7 Å². The van der Waals surface area contributed by atoms with Gasteiger partial charge in [-0.15, -0.1) is 23.2 Å². The molecule has 0 unspecified atom stereocenters. The van der Waals surface area contributed by atoms with E-state index in [0.29, 0.717) is 0 Å². The highest BCUT2D eigenvalue weighted by atomic mass is 35.5. The molecule has 0 bridgehead atoms. The second-order valence-electron chi connectivity index (χ2n) is 2.49. The zero-order chi connectivity index (χ0) is 6.69. The van der Waals surface area contributed by atoms with Gasteiger partial charge in [0.25, 0.3) is 0 Å². The van der Waals surface area contributed by atoms with Crippen LogP contribution in [0.25, 0.3) is 0 Å². The van der Waals surface area contributed by atoms with Crippen LogP contribution in [-0.4, -0.2) is 17.9 Å². The number of hydrogen-bond acceptors (Lipinski definition) is 1. The van der Waals surface area contributed by atoms with Crippen molar-refractivity contribution in [2.24, 2.45) is 5.92 Å². The summed E-state index contributed by atoms with van der Waals surface area (Å²) in [5, 5.41) is 3.18. The maximum Gasteiger partial charge on any atom is 0.120 e. The molecule has 0 heterocycles. The molecule has 1 aliphatic rings. The van der Waals surface area contributed by atoms with Crippen LogP contribution in [-0.2, 0) is 0 Å². The molecule has 1 aliphatic carbocycles. The summed E-state index contributed by atoms with van der Waals surface area (Å²) in [6.07, 6.45) is 2.75. The molecule has 0 saturated heterocycles. The van der Waals surface area contributed by atoms with Crippen LogP contribution < -0.4 is 5.32 Å². The van der Waals surface area contributed by atoms with Gasteiger partial charge in [-0.3, -0.25) is 0 Å². The highest BCUT2D eigenvalue weighted by Crippen LogP contribution is 2.27. The second kappa shape index (κ2) is 3.65. The molecule has 0 radical (unpaired) electrons. The normalized spacial score (nSPS) is 19.0. The molecule has 1 N–H and O–H groups in total. The van der Waals surface area contributed by atoms with E-state index >= 15 is 0 Å². The summed E-state index contributed by atoms with van der Waals surface area (Å²) in [4.78, 5) is -0.247. The fourth-order valence-corrected chi connectivity index (χ4v) is 0.937. The fourth-order valence-electron chi connectivity index (χ4n) is 0.719. The third kappa shape index (κ3) is 4.01. The van der Waals surface area contributed by atoms with Crippen molar-refractivity contribution < 1.29 is 0 Å². The molecule has 0 aliphatic heterocycles. The van der Waals surface area contributed by atoms with Gasteiger partial charge >= 0.3 is 0 Å². The van der Waals surface area contributed by atoms with Crippen LogP contribution in [0.4, 0.5) is 0 Å². The van der Waals surface area contributed by atoms with Crippen LogP contribution in [0, 0.1) is 5.92 Å². The summed E-state index contributed by atoms with van der Waals surface area (Å²) < 4.78 is 0. The molecule has 1 rings (SSSR count). The molecule has 54 valence electrons. The topological polar surface area (TPSA) is 12.0 Å². The summed E-state index contributed by atoms with van der Waals surface area (Å²) in [5.41, 5.74) is 0. The van der Waals surface area contributed by atoms with Crippen LogP contribution in [0.1, 0.15) is 12.8 Å². The van der Waals surface area contributed by atoms with Gasteiger partial charge < -0.3 is 5.32 Å². The molecule has 0 aromatic carbocycles. The zero-order valence-corrected chi connectivity index (χ0v) is 6.75. The third-order valence-corrected chi connectivity index (χ3v) is 1.74. The lowest BCUT2D eigenvalue weighted by atomic mass is 10.4. The van der Waals surface area contributed by atoms with Crippen molar-refractivity contribution in [2.45, 2.75) is 17.7 Å². The molecule has 9 heavy (non-hydrogen) atoms. The minimum absolute atomic E-state index is 0.247. The van der Waals surface area contributed by atoms with E-state index in [1.807, 2.05) is 0 Å². The molecule has 1 fully saturated rings. The minimum Gasteiger partial charge on any atom is -0.314 e. The lowest BCUT2D eigenvalue weighted by Crippen LogP contribution is -2.22. The van der Waals surface area contributed by atoms with Gasteiger partial charge in [-0.2, -0.15) is 0 Å². The highest BCUT2D eigenvalue weighted by Gasteiger charge is 2.20. The van der Waals surface area contributed by atoms with Crippen molar-refractivity contribution in [3.05, 3.63) is 0 Å². The van der Waals surface area contributed by atoms with Gasteiger partial charge in [0, 0.05) is 6.54 Å². The number of rotatable bonds is 4. The molecule has 0 atom stereocenters. The molecule has 0 aromatic rings. The smallest absolute Gasteiger partial charge is 0.120 e. The molecule has 0 aromatic heterocycles. The van der Waals surface area contributed by atoms with Crippen molar-refractivity contribution in [3.63, 3.8) is 0 Å². The first-order chi connectivity index (χ1) is 4.29. The van der Waals surface area contributed by atoms with Gasteiger partial charge in [0.2, 0.25) is 0 Å². The standard InChI is InChI=1S/C6H11Cl2N/c7-6(8)4-9-3-5-1-2-5/h5-6,9H,1-4H2. The van der Waals surface area contributed by atoms with Crippen LogP contribution >= 0.6 is 23.2 Å².